The first-order valence-corrected chi connectivity index (χ1v) is 14.4. The van der Waals surface area contributed by atoms with Crippen molar-refractivity contribution in [1.29, 1.82) is 0 Å². The summed E-state index contributed by atoms with van der Waals surface area (Å²) in [5.74, 6) is 2.28. The van der Waals surface area contributed by atoms with E-state index in [0.29, 0.717) is 27.6 Å². The highest BCUT2D eigenvalue weighted by atomic mass is 35.5. The number of benzene rings is 1. The highest BCUT2D eigenvalue weighted by molar-refractivity contribution is 6.35. The summed E-state index contributed by atoms with van der Waals surface area (Å²) >= 11 is 12.6. The molecule has 206 valence electrons. The van der Waals surface area contributed by atoms with E-state index >= 15 is 0 Å². The Hall–Kier alpha value is -2.94. The van der Waals surface area contributed by atoms with Crippen LogP contribution in [-0.2, 0) is 11.3 Å². The minimum atomic E-state index is 0.0296. The molecule has 3 aromatic rings. The van der Waals surface area contributed by atoms with Crippen LogP contribution < -0.4 is 15.0 Å². The molecule has 2 aliphatic heterocycles. The molecule has 0 radical (unpaired) electrons. The summed E-state index contributed by atoms with van der Waals surface area (Å²) in [6.07, 6.45) is 9.11. The van der Waals surface area contributed by atoms with Gasteiger partial charge in [0.1, 0.15) is 0 Å². The lowest BCUT2D eigenvalue weighted by molar-refractivity contribution is -0.119. The van der Waals surface area contributed by atoms with E-state index in [1.54, 1.807) is 25.4 Å². The van der Waals surface area contributed by atoms with Gasteiger partial charge in [-0.2, -0.15) is 0 Å². The normalized spacial score (nSPS) is 16.7. The van der Waals surface area contributed by atoms with Crippen molar-refractivity contribution < 1.29 is 9.53 Å². The quantitative estimate of drug-likeness (QED) is 0.358. The van der Waals surface area contributed by atoms with Crippen molar-refractivity contribution in [2.75, 3.05) is 37.6 Å². The van der Waals surface area contributed by atoms with Crippen LogP contribution in [0.3, 0.4) is 0 Å². The molecule has 1 N–H and O–H groups in total. The van der Waals surface area contributed by atoms with Gasteiger partial charge < -0.3 is 15.0 Å². The van der Waals surface area contributed by atoms with Crippen molar-refractivity contribution >= 4 is 35.1 Å². The first kappa shape index (κ1) is 27.6. The SMILES string of the molecule is CC(=O)NCC1CCN(Cc2cc(Oc3cnc(N4CCCCC4)nc3)nc(-c3cc(Cl)cc(Cl)c3)c2)CC1. The molecule has 0 spiro atoms. The number of nitrogens with one attached hydrogen (secondary N) is 1. The van der Waals surface area contributed by atoms with Crippen LogP contribution in [0.15, 0.2) is 42.7 Å². The summed E-state index contributed by atoms with van der Waals surface area (Å²) in [6, 6.07) is 9.45. The molecule has 0 aliphatic carbocycles. The van der Waals surface area contributed by atoms with E-state index < -0.39 is 0 Å². The number of ether oxygens (including phenoxy) is 1. The fourth-order valence-corrected chi connectivity index (χ4v) is 5.71. The number of carbonyl (C=O) groups excluding carboxylic acids is 1. The number of piperidine rings is 2. The smallest absolute Gasteiger partial charge is 0.225 e. The summed E-state index contributed by atoms with van der Waals surface area (Å²) < 4.78 is 6.17. The Labute approximate surface area is 239 Å². The number of nitrogens with zero attached hydrogens (tertiary/aromatic N) is 5. The minimum Gasteiger partial charge on any atom is -0.436 e. The zero-order valence-electron chi connectivity index (χ0n) is 22.2. The molecule has 2 aromatic heterocycles. The van der Waals surface area contributed by atoms with Crippen LogP contribution in [0.2, 0.25) is 10.0 Å². The monoisotopic (exact) mass is 568 g/mol. The third kappa shape index (κ3) is 7.81. The third-order valence-electron chi connectivity index (χ3n) is 7.25. The fraction of sp³-hybridized carbons (Fsp3) is 0.448. The molecular formula is C29H34Cl2N6O2. The Balaban J connectivity index is 1.33. The van der Waals surface area contributed by atoms with Gasteiger partial charge in [0.2, 0.25) is 17.7 Å². The topological polar surface area (TPSA) is 83.5 Å². The van der Waals surface area contributed by atoms with Crippen molar-refractivity contribution in [3.8, 4) is 22.9 Å². The Morgan fingerprint density at radius 3 is 2.33 bits per heavy atom. The first-order chi connectivity index (χ1) is 18.9. The van der Waals surface area contributed by atoms with Crippen LogP contribution in [0.5, 0.6) is 11.6 Å². The molecule has 5 rings (SSSR count). The summed E-state index contributed by atoms with van der Waals surface area (Å²) in [4.78, 5) is 29.8. The molecule has 2 fully saturated rings. The lowest BCUT2D eigenvalue weighted by atomic mass is 9.96. The Kier molecular flexibility index (Phi) is 9.17. The Bertz CT molecular complexity index is 1260. The Morgan fingerprint density at radius 1 is 0.974 bits per heavy atom. The third-order valence-corrected chi connectivity index (χ3v) is 7.69. The van der Waals surface area contributed by atoms with Crippen molar-refractivity contribution in [3.63, 3.8) is 0 Å². The number of carbonyl (C=O) groups is 1. The molecule has 2 aliphatic rings. The largest absolute Gasteiger partial charge is 0.436 e. The number of pyridine rings is 1. The number of hydrogen-bond donors (Lipinski definition) is 1. The zero-order valence-corrected chi connectivity index (χ0v) is 23.7. The highest BCUT2D eigenvalue weighted by Crippen LogP contribution is 2.31. The van der Waals surface area contributed by atoms with Gasteiger partial charge in [-0.05, 0) is 80.9 Å². The van der Waals surface area contributed by atoms with Crippen LogP contribution in [0.1, 0.15) is 44.6 Å². The van der Waals surface area contributed by atoms with Gasteiger partial charge in [-0.15, -0.1) is 0 Å². The van der Waals surface area contributed by atoms with E-state index in [4.69, 9.17) is 32.9 Å². The summed E-state index contributed by atoms with van der Waals surface area (Å²) in [5.41, 5.74) is 2.64. The van der Waals surface area contributed by atoms with Gasteiger partial charge in [0.15, 0.2) is 5.75 Å². The molecule has 0 unspecified atom stereocenters. The van der Waals surface area contributed by atoms with E-state index in [1.165, 1.54) is 19.3 Å². The maximum Gasteiger partial charge on any atom is 0.225 e. The molecule has 8 nitrogen and oxygen atoms in total. The van der Waals surface area contributed by atoms with Crippen LogP contribution in [-0.4, -0.2) is 58.5 Å². The van der Waals surface area contributed by atoms with E-state index in [0.717, 1.165) is 74.9 Å². The second kappa shape index (κ2) is 12.9. The van der Waals surface area contributed by atoms with Crippen molar-refractivity contribution in [1.82, 2.24) is 25.2 Å². The molecule has 4 heterocycles. The number of likely N-dealkylation sites (tertiary alicyclic amines) is 1. The number of hydrogen-bond acceptors (Lipinski definition) is 7. The number of halogens is 2. The number of rotatable bonds is 8. The maximum absolute atomic E-state index is 11.3. The molecule has 0 bridgehead atoms. The molecule has 0 saturated carbocycles. The van der Waals surface area contributed by atoms with Crippen molar-refractivity contribution in [3.05, 3.63) is 58.3 Å². The molecule has 1 aromatic carbocycles. The first-order valence-electron chi connectivity index (χ1n) is 13.6. The standard InChI is InChI=1S/C29H34Cl2N6O2/c1-20(38)32-16-21-5-9-36(10-6-21)19-22-11-27(23-13-24(30)15-25(31)14-23)35-28(12-22)39-26-17-33-29(34-18-26)37-7-3-2-4-8-37/h11-15,17-18,21H,2-10,16,19H2,1H3,(H,32,38). The van der Waals surface area contributed by atoms with Gasteiger partial charge in [0.25, 0.3) is 0 Å². The summed E-state index contributed by atoms with van der Waals surface area (Å²) in [6.45, 7) is 6.98. The van der Waals surface area contributed by atoms with Crippen LogP contribution in [0, 0.1) is 5.92 Å². The molecule has 39 heavy (non-hydrogen) atoms. The molecular weight excluding hydrogens is 535 g/mol. The van der Waals surface area contributed by atoms with E-state index in [2.05, 4.69) is 31.2 Å². The average Bonchev–Trinajstić information content (AvgIpc) is 2.93. The lowest BCUT2D eigenvalue weighted by Gasteiger charge is -2.32. The lowest BCUT2D eigenvalue weighted by Crippen LogP contribution is -2.37. The summed E-state index contributed by atoms with van der Waals surface area (Å²) in [5, 5.41) is 4.05. The van der Waals surface area contributed by atoms with Gasteiger partial charge in [0, 0.05) is 54.8 Å². The molecule has 10 heteroatoms. The molecule has 0 atom stereocenters. The van der Waals surface area contributed by atoms with Crippen LogP contribution in [0.4, 0.5) is 5.95 Å². The predicted molar refractivity (Wildman–Crippen MR) is 155 cm³/mol. The minimum absolute atomic E-state index is 0.0296. The Morgan fingerprint density at radius 2 is 1.67 bits per heavy atom. The predicted octanol–water partition coefficient (Wildman–Crippen LogP) is 5.98. The van der Waals surface area contributed by atoms with E-state index in [9.17, 15) is 4.79 Å². The number of amides is 1. The number of anilines is 1. The number of aromatic nitrogens is 3. The molecule has 2 saturated heterocycles. The van der Waals surface area contributed by atoms with E-state index in [1.807, 2.05) is 18.2 Å². The summed E-state index contributed by atoms with van der Waals surface area (Å²) in [7, 11) is 0. The van der Waals surface area contributed by atoms with Gasteiger partial charge in [-0.3, -0.25) is 9.69 Å². The van der Waals surface area contributed by atoms with Gasteiger partial charge in [-0.1, -0.05) is 23.2 Å². The van der Waals surface area contributed by atoms with Gasteiger partial charge in [0.05, 0.1) is 18.1 Å². The van der Waals surface area contributed by atoms with Gasteiger partial charge in [-0.25, -0.2) is 15.0 Å². The fourth-order valence-electron chi connectivity index (χ4n) is 5.19. The van der Waals surface area contributed by atoms with Crippen molar-refractivity contribution in [2.45, 2.75) is 45.6 Å². The van der Waals surface area contributed by atoms with Crippen molar-refractivity contribution in [2.24, 2.45) is 5.92 Å². The van der Waals surface area contributed by atoms with E-state index in [-0.39, 0.29) is 5.91 Å². The maximum atomic E-state index is 11.3. The second-order valence-corrected chi connectivity index (χ2v) is 11.3. The average molecular weight is 570 g/mol. The zero-order chi connectivity index (χ0) is 27.2. The highest BCUT2D eigenvalue weighted by Gasteiger charge is 2.20. The second-order valence-electron chi connectivity index (χ2n) is 10.4. The van der Waals surface area contributed by atoms with Crippen LogP contribution >= 0.6 is 23.2 Å². The molecule has 1 amide bonds. The van der Waals surface area contributed by atoms with Crippen LogP contribution in [0.25, 0.3) is 11.3 Å². The van der Waals surface area contributed by atoms with Gasteiger partial charge >= 0.3 is 0 Å².